The van der Waals surface area contributed by atoms with Crippen LogP contribution in [0.2, 0.25) is 0 Å². The first kappa shape index (κ1) is 10.3. The zero-order chi connectivity index (χ0) is 11.0. The van der Waals surface area contributed by atoms with E-state index in [1.54, 1.807) is 0 Å². The molecule has 1 heterocycles. The molecule has 0 aliphatic carbocycles. The standard InChI is InChI=1S/C14H19N/c1-10(2)11(3)15-9-13-7-5-6-8-14(13)12(15)4/h5-8,10-11H,4,9H2,1-3H3. The lowest BCUT2D eigenvalue weighted by Crippen LogP contribution is -2.31. The Morgan fingerprint density at radius 1 is 1.20 bits per heavy atom. The highest BCUT2D eigenvalue weighted by molar-refractivity contribution is 5.69. The Morgan fingerprint density at radius 3 is 2.47 bits per heavy atom. The molecule has 80 valence electrons. The molecular weight excluding hydrogens is 182 g/mol. The van der Waals surface area contributed by atoms with Crippen molar-refractivity contribution in [3.05, 3.63) is 42.0 Å². The molecule has 0 radical (unpaired) electrons. The van der Waals surface area contributed by atoms with Crippen LogP contribution in [-0.2, 0) is 6.54 Å². The van der Waals surface area contributed by atoms with Crippen LogP contribution in [-0.4, -0.2) is 10.9 Å². The van der Waals surface area contributed by atoms with Gasteiger partial charge in [-0.1, -0.05) is 44.7 Å². The van der Waals surface area contributed by atoms with E-state index in [-0.39, 0.29) is 0 Å². The summed E-state index contributed by atoms with van der Waals surface area (Å²) in [6, 6.07) is 9.13. The van der Waals surface area contributed by atoms with Gasteiger partial charge in [-0.3, -0.25) is 0 Å². The number of nitrogens with zero attached hydrogens (tertiary/aromatic N) is 1. The summed E-state index contributed by atoms with van der Waals surface area (Å²) >= 11 is 0. The van der Waals surface area contributed by atoms with Crippen LogP contribution >= 0.6 is 0 Å². The lowest BCUT2D eigenvalue weighted by molar-refractivity contribution is 0.256. The summed E-state index contributed by atoms with van der Waals surface area (Å²) in [4.78, 5) is 2.41. The Bertz CT molecular complexity index is 379. The minimum Gasteiger partial charge on any atom is -0.364 e. The van der Waals surface area contributed by atoms with Gasteiger partial charge in [0.25, 0.3) is 0 Å². The third kappa shape index (κ3) is 1.67. The Balaban J connectivity index is 2.27. The fourth-order valence-corrected chi connectivity index (χ4v) is 2.12. The minimum atomic E-state index is 0.560. The van der Waals surface area contributed by atoms with Crippen LogP contribution in [0.4, 0.5) is 0 Å². The topological polar surface area (TPSA) is 3.24 Å². The van der Waals surface area contributed by atoms with E-state index in [2.05, 4.69) is 56.5 Å². The molecule has 1 heteroatoms. The van der Waals surface area contributed by atoms with Gasteiger partial charge in [0.1, 0.15) is 0 Å². The minimum absolute atomic E-state index is 0.560. The molecule has 2 rings (SSSR count). The number of benzene rings is 1. The molecule has 0 N–H and O–H groups in total. The average molecular weight is 201 g/mol. The summed E-state index contributed by atoms with van der Waals surface area (Å²) in [5.41, 5.74) is 3.92. The van der Waals surface area contributed by atoms with Gasteiger partial charge in [-0.05, 0) is 18.4 Å². The first-order valence-electron chi connectivity index (χ1n) is 5.65. The number of fused-ring (bicyclic) bond motifs is 1. The molecule has 1 aromatic rings. The summed E-state index contributed by atoms with van der Waals surface area (Å²) < 4.78 is 0. The summed E-state index contributed by atoms with van der Waals surface area (Å²) in [6.07, 6.45) is 0. The van der Waals surface area contributed by atoms with Crippen molar-refractivity contribution in [1.82, 2.24) is 4.90 Å². The molecule has 1 aliphatic heterocycles. The molecule has 0 saturated heterocycles. The third-order valence-electron chi connectivity index (χ3n) is 3.47. The predicted octanol–water partition coefficient (Wildman–Crippen LogP) is 3.52. The molecule has 0 saturated carbocycles. The Labute approximate surface area is 92.4 Å². The smallest absolute Gasteiger partial charge is 0.0439 e. The van der Waals surface area contributed by atoms with Gasteiger partial charge in [-0.2, -0.15) is 0 Å². The fourth-order valence-electron chi connectivity index (χ4n) is 2.12. The first-order valence-corrected chi connectivity index (χ1v) is 5.65. The Hall–Kier alpha value is -1.24. The Kier molecular flexibility index (Phi) is 2.56. The van der Waals surface area contributed by atoms with Crippen molar-refractivity contribution in [2.45, 2.75) is 33.4 Å². The van der Waals surface area contributed by atoms with Crippen LogP contribution < -0.4 is 0 Å². The summed E-state index contributed by atoms with van der Waals surface area (Å²) in [7, 11) is 0. The summed E-state index contributed by atoms with van der Waals surface area (Å²) in [6.45, 7) is 12.0. The molecule has 0 aromatic heterocycles. The lowest BCUT2D eigenvalue weighted by Gasteiger charge is -2.30. The van der Waals surface area contributed by atoms with E-state index in [0.29, 0.717) is 12.0 Å². The second-order valence-electron chi connectivity index (χ2n) is 4.72. The largest absolute Gasteiger partial charge is 0.364 e. The molecule has 0 fully saturated rings. The number of hydrogen-bond acceptors (Lipinski definition) is 1. The van der Waals surface area contributed by atoms with Crippen molar-refractivity contribution in [2.75, 3.05) is 0 Å². The monoisotopic (exact) mass is 201 g/mol. The zero-order valence-electron chi connectivity index (χ0n) is 9.83. The van der Waals surface area contributed by atoms with Crippen molar-refractivity contribution in [2.24, 2.45) is 5.92 Å². The molecule has 1 atom stereocenters. The molecule has 1 unspecified atom stereocenters. The molecule has 1 aliphatic rings. The van der Waals surface area contributed by atoms with Gasteiger partial charge >= 0.3 is 0 Å². The maximum absolute atomic E-state index is 4.21. The second-order valence-corrected chi connectivity index (χ2v) is 4.72. The predicted molar refractivity (Wildman–Crippen MR) is 65.3 cm³/mol. The molecule has 0 spiro atoms. The first-order chi connectivity index (χ1) is 7.11. The van der Waals surface area contributed by atoms with Gasteiger partial charge in [0.05, 0.1) is 0 Å². The maximum atomic E-state index is 4.21. The molecule has 0 amide bonds. The summed E-state index contributed by atoms with van der Waals surface area (Å²) in [5.74, 6) is 0.663. The zero-order valence-corrected chi connectivity index (χ0v) is 9.83. The van der Waals surface area contributed by atoms with Crippen molar-refractivity contribution in [1.29, 1.82) is 0 Å². The quantitative estimate of drug-likeness (QED) is 0.707. The van der Waals surface area contributed by atoms with E-state index in [9.17, 15) is 0 Å². The van der Waals surface area contributed by atoms with E-state index >= 15 is 0 Å². The molecule has 1 nitrogen and oxygen atoms in total. The highest BCUT2D eigenvalue weighted by Gasteiger charge is 2.26. The van der Waals surface area contributed by atoms with Crippen LogP contribution in [0, 0.1) is 5.92 Å². The second kappa shape index (κ2) is 3.73. The van der Waals surface area contributed by atoms with Gasteiger partial charge in [0.2, 0.25) is 0 Å². The van der Waals surface area contributed by atoms with Crippen LogP contribution in [0.3, 0.4) is 0 Å². The number of rotatable bonds is 2. The van der Waals surface area contributed by atoms with Crippen LogP contribution in [0.5, 0.6) is 0 Å². The highest BCUT2D eigenvalue weighted by Crippen LogP contribution is 2.34. The van der Waals surface area contributed by atoms with Crippen molar-refractivity contribution in [3.8, 4) is 0 Å². The van der Waals surface area contributed by atoms with Gasteiger partial charge in [-0.25, -0.2) is 0 Å². The molecular formula is C14H19N. The SMILES string of the molecule is C=C1c2ccccc2CN1C(C)C(C)C. The fraction of sp³-hybridized carbons (Fsp3) is 0.429. The van der Waals surface area contributed by atoms with Crippen molar-refractivity contribution >= 4 is 5.70 Å². The Morgan fingerprint density at radius 2 is 1.87 bits per heavy atom. The molecule has 15 heavy (non-hydrogen) atoms. The van der Waals surface area contributed by atoms with E-state index in [4.69, 9.17) is 0 Å². The van der Waals surface area contributed by atoms with Crippen molar-refractivity contribution in [3.63, 3.8) is 0 Å². The van der Waals surface area contributed by atoms with Crippen LogP contribution in [0.25, 0.3) is 5.70 Å². The van der Waals surface area contributed by atoms with E-state index in [1.165, 1.54) is 16.8 Å². The van der Waals surface area contributed by atoms with E-state index < -0.39 is 0 Å². The highest BCUT2D eigenvalue weighted by atomic mass is 15.2. The molecule has 0 bridgehead atoms. The lowest BCUT2D eigenvalue weighted by atomic mass is 10.0. The van der Waals surface area contributed by atoms with Crippen LogP contribution in [0.1, 0.15) is 31.9 Å². The average Bonchev–Trinajstić information content (AvgIpc) is 2.56. The maximum Gasteiger partial charge on any atom is 0.0439 e. The van der Waals surface area contributed by atoms with E-state index in [0.717, 1.165) is 6.54 Å². The van der Waals surface area contributed by atoms with Gasteiger partial charge in [-0.15, -0.1) is 0 Å². The van der Waals surface area contributed by atoms with Gasteiger partial charge in [0.15, 0.2) is 0 Å². The molecule has 1 aromatic carbocycles. The van der Waals surface area contributed by atoms with E-state index in [1.807, 2.05) is 0 Å². The van der Waals surface area contributed by atoms with Crippen LogP contribution in [0.15, 0.2) is 30.8 Å². The van der Waals surface area contributed by atoms with Gasteiger partial charge < -0.3 is 4.90 Å². The third-order valence-corrected chi connectivity index (χ3v) is 3.47. The van der Waals surface area contributed by atoms with Gasteiger partial charge in [0, 0.05) is 23.8 Å². The normalized spacial score (nSPS) is 17.1. The summed E-state index contributed by atoms with van der Waals surface area (Å²) in [5, 5.41) is 0. The number of hydrogen-bond donors (Lipinski definition) is 0. The van der Waals surface area contributed by atoms with Crippen molar-refractivity contribution < 1.29 is 0 Å².